The molecule has 270 valence electrons. The highest BCUT2D eigenvalue weighted by Gasteiger charge is 2.35. The fraction of sp³-hybridized carbons (Fsp3) is 0.333. The topological polar surface area (TPSA) is 155 Å². The number of anilines is 2. The molecule has 3 aliphatic heterocycles. The number of amides is 2. The van der Waals surface area contributed by atoms with E-state index in [1.54, 1.807) is 12.1 Å². The van der Waals surface area contributed by atoms with Gasteiger partial charge in [0.1, 0.15) is 23.7 Å². The Bertz CT molecular complexity index is 2190. The third-order valence-corrected chi connectivity index (χ3v) is 9.03. The molecule has 2 aromatic carbocycles. The van der Waals surface area contributed by atoms with Crippen LogP contribution in [0, 0.1) is 0 Å². The lowest BCUT2D eigenvalue weighted by molar-refractivity contribution is -0.116. The largest absolute Gasteiger partial charge is 0.381 e. The van der Waals surface area contributed by atoms with E-state index in [9.17, 15) is 9.59 Å². The first-order valence-electron chi connectivity index (χ1n) is 17.0. The van der Waals surface area contributed by atoms with E-state index in [2.05, 4.69) is 54.6 Å². The first-order valence-corrected chi connectivity index (χ1v) is 18.2. The number of carbonyl (C=O) groups excluding carboxylic acids is 2. The van der Waals surface area contributed by atoms with Crippen molar-refractivity contribution in [2.75, 3.05) is 23.8 Å². The summed E-state index contributed by atoms with van der Waals surface area (Å²) < 4.78 is 8.62. The number of carbonyl (C=O) groups is 2. The van der Waals surface area contributed by atoms with Gasteiger partial charge in [-0.05, 0) is 73.2 Å². The number of rotatable bonds is 5. The molecule has 0 bridgehead atoms. The number of fused-ring (bicyclic) bond motifs is 4. The van der Waals surface area contributed by atoms with Crippen LogP contribution in [0.3, 0.4) is 0 Å². The second kappa shape index (κ2) is 17.2. The van der Waals surface area contributed by atoms with Crippen LogP contribution < -0.4 is 10.6 Å². The van der Waals surface area contributed by atoms with Gasteiger partial charge in [-0.25, -0.2) is 19.9 Å². The minimum atomic E-state index is -0.492. The van der Waals surface area contributed by atoms with Crippen LogP contribution in [0.25, 0.3) is 22.1 Å². The minimum absolute atomic E-state index is 0.0438. The maximum absolute atomic E-state index is 12.5. The van der Waals surface area contributed by atoms with Gasteiger partial charge in [0, 0.05) is 60.1 Å². The third kappa shape index (κ3) is 8.84. The Morgan fingerprint density at radius 3 is 2.02 bits per heavy atom. The minimum Gasteiger partial charge on any atom is -0.381 e. The van der Waals surface area contributed by atoms with E-state index in [1.807, 2.05) is 46.0 Å². The fourth-order valence-electron chi connectivity index (χ4n) is 5.89. The number of benzene rings is 2. The molecule has 7 heterocycles. The maximum atomic E-state index is 12.5. The summed E-state index contributed by atoms with van der Waals surface area (Å²) in [7, 11) is 0. The van der Waals surface area contributed by atoms with Gasteiger partial charge in [-0.15, -0.1) is 0 Å². The predicted octanol–water partition coefficient (Wildman–Crippen LogP) is 7.49. The van der Waals surface area contributed by atoms with Crippen molar-refractivity contribution in [1.29, 1.82) is 0 Å². The van der Waals surface area contributed by atoms with Crippen LogP contribution in [0.15, 0.2) is 61.4 Å². The van der Waals surface area contributed by atoms with Crippen LogP contribution >= 0.6 is 34.8 Å². The number of hydrogen-bond acceptors (Lipinski definition) is 9. The standard InChI is InChI=1S/C16H14ClN5O.C8H9ClN4.C8H6ClNO.C4H8O/c1-2-5-22-7-11-14(18-8-19-15(11)21-22)13-10-6-9(17)3-4-12(10)20-16(13)23;1-2-3-13-4-6-7(9)10-5-11-8(6)12-13;9-6-1-2-7-5(3-6)4-8(11)10-7;1-2-4-5-3-1/h3-4,6-8,13H,2,5H2,1H3,(H,20,23);4-5H,2-3H2,1H3;1-3H,4H2,(H,10,11);1-4H2. The van der Waals surface area contributed by atoms with E-state index in [0.29, 0.717) is 38.6 Å². The van der Waals surface area contributed by atoms with E-state index < -0.39 is 5.92 Å². The van der Waals surface area contributed by atoms with Gasteiger partial charge >= 0.3 is 0 Å². The summed E-state index contributed by atoms with van der Waals surface area (Å²) in [5.74, 6) is -0.554. The number of aromatic nitrogens is 8. The highest BCUT2D eigenvalue weighted by atomic mass is 35.5. The van der Waals surface area contributed by atoms with Gasteiger partial charge in [0.05, 0.1) is 22.9 Å². The molecule has 16 heteroatoms. The molecule has 3 aliphatic rings. The number of ether oxygens (including phenoxy) is 1. The molecule has 1 fully saturated rings. The average molecular weight is 764 g/mol. The number of nitrogens with zero attached hydrogens (tertiary/aromatic N) is 8. The molecule has 6 aromatic rings. The van der Waals surface area contributed by atoms with E-state index in [-0.39, 0.29) is 11.8 Å². The normalized spacial score (nSPS) is 15.4. The Kier molecular flexibility index (Phi) is 12.3. The van der Waals surface area contributed by atoms with Crippen LogP contribution in [0.4, 0.5) is 11.4 Å². The molecule has 2 amide bonds. The highest BCUT2D eigenvalue weighted by molar-refractivity contribution is 6.33. The van der Waals surface area contributed by atoms with Crippen molar-refractivity contribution in [3.63, 3.8) is 0 Å². The molecule has 1 atom stereocenters. The summed E-state index contributed by atoms with van der Waals surface area (Å²) in [6.07, 6.45) is 11.7. The van der Waals surface area contributed by atoms with Crippen LogP contribution in [0.2, 0.25) is 15.2 Å². The number of hydrogen-bond donors (Lipinski definition) is 2. The zero-order valence-electron chi connectivity index (χ0n) is 28.7. The molecule has 1 saturated heterocycles. The molecule has 0 aliphatic carbocycles. The molecule has 0 saturated carbocycles. The fourth-order valence-corrected chi connectivity index (χ4v) is 6.44. The van der Waals surface area contributed by atoms with Gasteiger partial charge in [0.2, 0.25) is 11.8 Å². The van der Waals surface area contributed by atoms with Crippen molar-refractivity contribution in [2.45, 2.75) is 65.0 Å². The second-order valence-corrected chi connectivity index (χ2v) is 13.4. The van der Waals surface area contributed by atoms with E-state index in [4.69, 9.17) is 39.5 Å². The lowest BCUT2D eigenvalue weighted by Gasteiger charge is -2.09. The first kappa shape index (κ1) is 37.1. The van der Waals surface area contributed by atoms with Gasteiger partial charge < -0.3 is 15.4 Å². The van der Waals surface area contributed by atoms with E-state index >= 15 is 0 Å². The third-order valence-electron chi connectivity index (χ3n) is 8.25. The average Bonchev–Trinajstić information content (AvgIpc) is 3.96. The Morgan fingerprint density at radius 2 is 1.38 bits per heavy atom. The SMILES string of the molecule is C1CCOC1.CCCn1cc2c(C3C(=O)Nc4ccc(Cl)cc43)ncnc2n1.CCCn1cc2c(Cl)ncnc2n1.O=C1Cc2cc(Cl)ccc2N1. The summed E-state index contributed by atoms with van der Waals surface area (Å²) in [5.41, 5.74) is 5.42. The van der Waals surface area contributed by atoms with Gasteiger partial charge in [0.15, 0.2) is 11.3 Å². The summed E-state index contributed by atoms with van der Waals surface area (Å²) in [4.78, 5) is 39.8. The Morgan fingerprint density at radius 1 is 0.769 bits per heavy atom. The molecule has 0 radical (unpaired) electrons. The van der Waals surface area contributed by atoms with Crippen LogP contribution in [-0.4, -0.2) is 64.5 Å². The predicted molar refractivity (Wildman–Crippen MR) is 202 cm³/mol. The van der Waals surface area contributed by atoms with Gasteiger partial charge in [0.25, 0.3) is 0 Å². The zero-order valence-corrected chi connectivity index (χ0v) is 30.9. The molecule has 4 aromatic heterocycles. The number of halogens is 3. The highest BCUT2D eigenvalue weighted by Crippen LogP contribution is 2.39. The van der Waals surface area contributed by atoms with Gasteiger partial charge in [-0.2, -0.15) is 10.2 Å². The molecule has 0 spiro atoms. The monoisotopic (exact) mass is 762 g/mol. The van der Waals surface area contributed by atoms with Crippen molar-refractivity contribution in [2.24, 2.45) is 0 Å². The Balaban J connectivity index is 0.000000135. The van der Waals surface area contributed by atoms with Crippen LogP contribution in [-0.2, 0) is 33.8 Å². The lowest BCUT2D eigenvalue weighted by Crippen LogP contribution is -2.14. The number of nitrogens with one attached hydrogen (secondary N) is 2. The van der Waals surface area contributed by atoms with Crippen molar-refractivity contribution in [3.8, 4) is 0 Å². The summed E-state index contributed by atoms with van der Waals surface area (Å²) in [6.45, 7) is 7.86. The Labute approximate surface area is 315 Å². The summed E-state index contributed by atoms with van der Waals surface area (Å²) in [5, 5.41) is 17.7. The molecule has 2 N–H and O–H groups in total. The number of aryl methyl sites for hydroxylation is 2. The molecular weight excluding hydrogens is 727 g/mol. The van der Waals surface area contributed by atoms with Crippen molar-refractivity contribution < 1.29 is 14.3 Å². The Hall–Kier alpha value is -4.69. The van der Waals surface area contributed by atoms with Crippen LogP contribution in [0.1, 0.15) is 62.3 Å². The summed E-state index contributed by atoms with van der Waals surface area (Å²) in [6, 6.07) is 10.8. The van der Waals surface area contributed by atoms with Crippen molar-refractivity contribution in [1.82, 2.24) is 39.5 Å². The van der Waals surface area contributed by atoms with Gasteiger partial charge in [-0.1, -0.05) is 48.7 Å². The summed E-state index contributed by atoms with van der Waals surface area (Å²) >= 11 is 17.7. The van der Waals surface area contributed by atoms with Crippen molar-refractivity contribution >= 4 is 80.1 Å². The molecule has 52 heavy (non-hydrogen) atoms. The first-order chi connectivity index (χ1) is 25.2. The molecule has 9 rings (SSSR count). The maximum Gasteiger partial charge on any atom is 0.238 e. The molecule has 13 nitrogen and oxygen atoms in total. The molecule has 1 unspecified atom stereocenters. The zero-order chi connectivity index (χ0) is 36.6. The van der Waals surface area contributed by atoms with E-state index in [0.717, 1.165) is 72.4 Å². The van der Waals surface area contributed by atoms with Crippen LogP contribution in [0.5, 0.6) is 0 Å². The second-order valence-electron chi connectivity index (χ2n) is 12.2. The van der Waals surface area contributed by atoms with Crippen molar-refractivity contribution in [3.05, 3.63) is 93.5 Å². The van der Waals surface area contributed by atoms with E-state index in [1.165, 1.54) is 25.5 Å². The molecular formula is C36H37Cl3N10O3. The van der Waals surface area contributed by atoms with Gasteiger partial charge in [-0.3, -0.25) is 19.0 Å². The quantitative estimate of drug-likeness (QED) is 0.170. The smallest absolute Gasteiger partial charge is 0.238 e. The lowest BCUT2D eigenvalue weighted by atomic mass is 9.95.